The number of aryl methyl sites for hydroxylation is 1. The molecule has 1 fully saturated rings. The fraction of sp³-hybridized carbons (Fsp3) is 0.438. The largest absolute Gasteiger partial charge is 0.310 e. The lowest BCUT2D eigenvalue weighted by molar-refractivity contribution is 0.289. The van der Waals surface area contributed by atoms with Crippen LogP contribution in [0.1, 0.15) is 35.6 Å². The van der Waals surface area contributed by atoms with Crippen molar-refractivity contribution in [3.8, 4) is 0 Å². The van der Waals surface area contributed by atoms with Crippen molar-refractivity contribution < 1.29 is 0 Å². The van der Waals surface area contributed by atoms with Crippen molar-refractivity contribution >= 4 is 11.6 Å². The zero-order chi connectivity index (χ0) is 14.1. The molecule has 0 bridgehead atoms. The minimum Gasteiger partial charge on any atom is -0.310 e. The Hall–Kier alpha value is -1.32. The number of halogens is 1. The maximum absolute atomic E-state index is 6.24. The van der Waals surface area contributed by atoms with Crippen LogP contribution in [0.3, 0.4) is 0 Å². The van der Waals surface area contributed by atoms with E-state index < -0.39 is 0 Å². The van der Waals surface area contributed by atoms with Gasteiger partial charge < -0.3 is 5.32 Å². The van der Waals surface area contributed by atoms with Gasteiger partial charge in [-0.05, 0) is 37.3 Å². The Labute approximate surface area is 124 Å². The van der Waals surface area contributed by atoms with E-state index in [2.05, 4.69) is 29.5 Å². The van der Waals surface area contributed by atoms with Gasteiger partial charge in [0.2, 0.25) is 0 Å². The maximum atomic E-state index is 6.24. The van der Waals surface area contributed by atoms with Crippen LogP contribution in [0.15, 0.2) is 30.5 Å². The van der Waals surface area contributed by atoms with E-state index in [-0.39, 0.29) is 0 Å². The van der Waals surface area contributed by atoms with E-state index in [1.165, 1.54) is 29.7 Å². The third-order valence-corrected chi connectivity index (χ3v) is 4.75. The average Bonchev–Trinajstić information content (AvgIpc) is 2.70. The standard InChI is InChI=1S/C16H20ClN3/c1-11-13(10-19-20(11)2)9-18-14-7-12(8-14)15-5-3-4-6-16(15)17/h3-6,10,12,14,18H,7-9H2,1-2H3. The van der Waals surface area contributed by atoms with Crippen LogP contribution in [-0.2, 0) is 13.6 Å². The Kier molecular flexibility index (Phi) is 3.81. The van der Waals surface area contributed by atoms with Crippen LogP contribution in [0.5, 0.6) is 0 Å². The summed E-state index contributed by atoms with van der Waals surface area (Å²) < 4.78 is 1.92. The first kappa shape index (κ1) is 13.7. The Bertz CT molecular complexity index is 600. The molecule has 0 radical (unpaired) electrons. The highest BCUT2D eigenvalue weighted by Crippen LogP contribution is 2.39. The molecular formula is C16H20ClN3. The highest BCUT2D eigenvalue weighted by molar-refractivity contribution is 6.31. The van der Waals surface area contributed by atoms with E-state index in [0.29, 0.717) is 12.0 Å². The summed E-state index contributed by atoms with van der Waals surface area (Å²) in [4.78, 5) is 0. The predicted molar refractivity (Wildman–Crippen MR) is 82.0 cm³/mol. The predicted octanol–water partition coefficient (Wildman–Crippen LogP) is 3.42. The van der Waals surface area contributed by atoms with E-state index in [1.807, 2.05) is 30.1 Å². The molecule has 20 heavy (non-hydrogen) atoms. The molecule has 2 aromatic rings. The Morgan fingerprint density at radius 2 is 2.10 bits per heavy atom. The van der Waals surface area contributed by atoms with Crippen LogP contribution >= 0.6 is 11.6 Å². The van der Waals surface area contributed by atoms with E-state index in [1.54, 1.807) is 0 Å². The Morgan fingerprint density at radius 3 is 2.75 bits per heavy atom. The first-order valence-corrected chi connectivity index (χ1v) is 7.48. The molecule has 106 valence electrons. The van der Waals surface area contributed by atoms with Crippen molar-refractivity contribution in [2.45, 2.75) is 38.3 Å². The van der Waals surface area contributed by atoms with E-state index in [0.717, 1.165) is 11.6 Å². The molecule has 0 atom stereocenters. The summed E-state index contributed by atoms with van der Waals surface area (Å²) in [5.74, 6) is 0.608. The number of nitrogens with one attached hydrogen (secondary N) is 1. The van der Waals surface area contributed by atoms with Gasteiger partial charge in [0.15, 0.2) is 0 Å². The molecule has 1 saturated carbocycles. The van der Waals surface area contributed by atoms with Crippen molar-refractivity contribution in [3.63, 3.8) is 0 Å². The van der Waals surface area contributed by atoms with Crippen molar-refractivity contribution in [1.82, 2.24) is 15.1 Å². The molecule has 0 amide bonds. The molecule has 1 aromatic heterocycles. The van der Waals surface area contributed by atoms with Crippen molar-refractivity contribution in [1.29, 1.82) is 0 Å². The van der Waals surface area contributed by atoms with Gasteiger partial charge in [-0.3, -0.25) is 4.68 Å². The molecule has 1 heterocycles. The Morgan fingerprint density at radius 1 is 1.35 bits per heavy atom. The van der Waals surface area contributed by atoms with E-state index in [4.69, 9.17) is 11.6 Å². The smallest absolute Gasteiger partial charge is 0.0537 e. The second kappa shape index (κ2) is 5.58. The van der Waals surface area contributed by atoms with Gasteiger partial charge >= 0.3 is 0 Å². The second-order valence-corrected chi connectivity index (χ2v) is 6.05. The Balaban J connectivity index is 1.52. The third kappa shape index (κ3) is 2.60. The summed E-state index contributed by atoms with van der Waals surface area (Å²) >= 11 is 6.24. The fourth-order valence-electron chi connectivity index (χ4n) is 2.82. The molecule has 1 N–H and O–H groups in total. The average molecular weight is 290 g/mol. The first-order valence-electron chi connectivity index (χ1n) is 7.10. The SMILES string of the molecule is Cc1c(CNC2CC(c3ccccc3Cl)C2)cnn1C. The van der Waals surface area contributed by atoms with Crippen LogP contribution in [0.4, 0.5) is 0 Å². The van der Waals surface area contributed by atoms with Crippen LogP contribution in [-0.4, -0.2) is 15.8 Å². The second-order valence-electron chi connectivity index (χ2n) is 5.65. The number of nitrogens with zero attached hydrogens (tertiary/aromatic N) is 2. The quantitative estimate of drug-likeness (QED) is 0.935. The van der Waals surface area contributed by atoms with Gasteiger partial charge in [0, 0.05) is 35.9 Å². The molecule has 1 aromatic carbocycles. The molecular weight excluding hydrogens is 270 g/mol. The summed E-state index contributed by atoms with van der Waals surface area (Å²) in [6, 6.07) is 8.79. The summed E-state index contributed by atoms with van der Waals surface area (Å²) in [5.41, 5.74) is 3.82. The minimum absolute atomic E-state index is 0.593. The van der Waals surface area contributed by atoms with Crippen LogP contribution < -0.4 is 5.32 Å². The summed E-state index contributed by atoms with van der Waals surface area (Å²) in [6.45, 7) is 3.01. The number of benzene rings is 1. The lowest BCUT2D eigenvalue weighted by Gasteiger charge is -2.36. The number of hydrogen-bond donors (Lipinski definition) is 1. The number of hydrogen-bond acceptors (Lipinski definition) is 2. The first-order chi connectivity index (χ1) is 9.65. The molecule has 1 aliphatic carbocycles. The molecule has 0 saturated heterocycles. The van der Waals surface area contributed by atoms with Gasteiger partial charge in [-0.15, -0.1) is 0 Å². The lowest BCUT2D eigenvalue weighted by atomic mass is 9.76. The molecule has 0 unspecified atom stereocenters. The zero-order valence-electron chi connectivity index (χ0n) is 11.9. The van der Waals surface area contributed by atoms with Gasteiger partial charge in [0.05, 0.1) is 6.20 Å². The van der Waals surface area contributed by atoms with Gasteiger partial charge in [0.1, 0.15) is 0 Å². The molecule has 0 aliphatic heterocycles. The fourth-order valence-corrected chi connectivity index (χ4v) is 3.11. The summed E-state index contributed by atoms with van der Waals surface area (Å²) in [7, 11) is 1.98. The monoisotopic (exact) mass is 289 g/mol. The summed E-state index contributed by atoms with van der Waals surface area (Å²) in [6.07, 6.45) is 4.29. The molecule has 1 aliphatic rings. The van der Waals surface area contributed by atoms with E-state index in [9.17, 15) is 0 Å². The molecule has 3 rings (SSSR count). The lowest BCUT2D eigenvalue weighted by Crippen LogP contribution is -2.39. The van der Waals surface area contributed by atoms with Crippen LogP contribution in [0.2, 0.25) is 5.02 Å². The molecule has 3 nitrogen and oxygen atoms in total. The van der Waals surface area contributed by atoms with Crippen molar-refractivity contribution in [2.75, 3.05) is 0 Å². The summed E-state index contributed by atoms with van der Waals surface area (Å²) in [5, 5.41) is 8.79. The van der Waals surface area contributed by atoms with Crippen LogP contribution in [0.25, 0.3) is 0 Å². The number of aromatic nitrogens is 2. The number of rotatable bonds is 4. The highest BCUT2D eigenvalue weighted by atomic mass is 35.5. The van der Waals surface area contributed by atoms with E-state index >= 15 is 0 Å². The third-order valence-electron chi connectivity index (χ3n) is 4.40. The molecule has 0 spiro atoms. The van der Waals surface area contributed by atoms with Gasteiger partial charge in [0.25, 0.3) is 0 Å². The van der Waals surface area contributed by atoms with Gasteiger partial charge in [-0.2, -0.15) is 5.10 Å². The maximum Gasteiger partial charge on any atom is 0.0537 e. The van der Waals surface area contributed by atoms with Gasteiger partial charge in [-0.1, -0.05) is 29.8 Å². The van der Waals surface area contributed by atoms with Gasteiger partial charge in [-0.25, -0.2) is 0 Å². The van der Waals surface area contributed by atoms with Crippen molar-refractivity contribution in [2.24, 2.45) is 7.05 Å². The van der Waals surface area contributed by atoms with Crippen molar-refractivity contribution in [3.05, 3.63) is 52.3 Å². The highest BCUT2D eigenvalue weighted by Gasteiger charge is 2.31. The molecule has 4 heteroatoms. The zero-order valence-corrected chi connectivity index (χ0v) is 12.7. The minimum atomic E-state index is 0.593. The van der Waals surface area contributed by atoms with Crippen LogP contribution in [0, 0.1) is 6.92 Å². The normalized spacial score (nSPS) is 21.8. The topological polar surface area (TPSA) is 29.9 Å².